The molecule has 2 N–H and O–H groups in total. The first kappa shape index (κ1) is 25.7. The highest BCUT2D eigenvalue weighted by molar-refractivity contribution is 9.10. The smallest absolute Gasteiger partial charge is 0.330 e. The average Bonchev–Trinajstić information content (AvgIpc) is 2.88. The molecule has 12 heteroatoms. The van der Waals surface area contributed by atoms with Crippen LogP contribution in [0.3, 0.4) is 0 Å². The molecule has 36 heavy (non-hydrogen) atoms. The largest absolute Gasteiger partial charge is 0.495 e. The van der Waals surface area contributed by atoms with E-state index in [1.165, 1.54) is 36.2 Å². The van der Waals surface area contributed by atoms with Crippen molar-refractivity contribution in [2.45, 2.75) is 44.3 Å². The van der Waals surface area contributed by atoms with E-state index in [9.17, 15) is 9.59 Å². The van der Waals surface area contributed by atoms with Gasteiger partial charge < -0.3 is 20.1 Å². The molecule has 10 nitrogen and oxygen atoms in total. The second-order valence-corrected chi connectivity index (χ2v) is 9.38. The lowest BCUT2D eigenvalue weighted by molar-refractivity contribution is -0.117. The maximum Gasteiger partial charge on any atom is 0.330 e. The number of hydrogen-bond donors (Lipinski definition) is 2. The summed E-state index contributed by atoms with van der Waals surface area (Å²) in [5.74, 6) is 0.126. The summed E-state index contributed by atoms with van der Waals surface area (Å²) in [6.07, 6.45) is 6.58. The Balaban J connectivity index is 1.62. The van der Waals surface area contributed by atoms with Crippen molar-refractivity contribution in [1.29, 1.82) is 0 Å². The van der Waals surface area contributed by atoms with Crippen LogP contribution in [0.25, 0.3) is 0 Å². The molecule has 1 aromatic heterocycles. The topological polar surface area (TPSA) is 109 Å². The van der Waals surface area contributed by atoms with Gasteiger partial charge in [0, 0.05) is 37.0 Å². The number of carbonyl (C=O) groups excluding carboxylic acids is 2. The normalized spacial score (nSPS) is 19.4. The minimum atomic E-state index is -0.695. The Morgan fingerprint density at radius 3 is 2.61 bits per heavy atom. The molecule has 2 unspecified atom stereocenters. The number of aromatic nitrogens is 2. The molecule has 3 amide bonds. The Labute approximate surface area is 217 Å². The number of methoxy groups -OCH3 is 2. The van der Waals surface area contributed by atoms with Crippen LogP contribution in [0.5, 0.6) is 11.5 Å². The second kappa shape index (κ2) is 10.7. The van der Waals surface area contributed by atoms with Gasteiger partial charge in [-0.15, -0.1) is 0 Å². The molecule has 0 bridgehead atoms. The van der Waals surface area contributed by atoms with Crippen molar-refractivity contribution in [3.8, 4) is 11.5 Å². The average molecular weight is 563 g/mol. The number of benzene rings is 1. The van der Waals surface area contributed by atoms with Crippen LogP contribution < -0.4 is 29.9 Å². The molecule has 2 heterocycles. The molecule has 0 radical (unpaired) electrons. The summed E-state index contributed by atoms with van der Waals surface area (Å²) >= 11 is 3.36. The molecule has 0 saturated heterocycles. The number of ether oxygens (including phenoxy) is 2. The number of anilines is 3. The molecule has 0 spiro atoms. The number of urea groups is 1. The van der Waals surface area contributed by atoms with Crippen molar-refractivity contribution in [2.75, 3.05) is 36.4 Å². The Kier molecular flexibility index (Phi) is 7.62. The number of rotatable bonds is 7. The van der Waals surface area contributed by atoms with Crippen LogP contribution in [-0.2, 0) is 11.3 Å². The van der Waals surface area contributed by atoms with E-state index >= 15 is 4.39 Å². The Morgan fingerprint density at radius 1 is 1.25 bits per heavy atom. The van der Waals surface area contributed by atoms with E-state index in [0.29, 0.717) is 23.1 Å². The lowest BCUT2D eigenvalue weighted by Gasteiger charge is -2.36. The van der Waals surface area contributed by atoms with Crippen LogP contribution in [0, 0.1) is 5.82 Å². The van der Waals surface area contributed by atoms with Gasteiger partial charge in [-0.3, -0.25) is 14.6 Å². The van der Waals surface area contributed by atoms with Gasteiger partial charge >= 0.3 is 6.03 Å². The Bertz CT molecular complexity index is 1170. The molecule has 1 aromatic carbocycles. The molecule has 1 aliphatic heterocycles. The lowest BCUT2D eigenvalue weighted by Crippen LogP contribution is -2.48. The molecular weight excluding hydrogens is 535 g/mol. The zero-order valence-electron chi connectivity index (χ0n) is 20.3. The summed E-state index contributed by atoms with van der Waals surface area (Å²) in [7, 11) is 4.36. The standard InChI is InChI=1S/C24H28BrFN6O4/c1-5-18(33)28-14-8-6-7-9-15(14)29-23-27-11-13-12-32(24(34)31(2)22(13)30-23)21-19(25)16(35-3)10-17(36-4)20(21)26/h5,10-11,14-15H,1,6-9,12H2,2-4H3,(H,28,33)(H,27,29,30). The van der Waals surface area contributed by atoms with E-state index in [4.69, 9.17) is 9.47 Å². The van der Waals surface area contributed by atoms with Crippen molar-refractivity contribution in [1.82, 2.24) is 15.3 Å². The van der Waals surface area contributed by atoms with Gasteiger partial charge in [0.15, 0.2) is 11.6 Å². The minimum Gasteiger partial charge on any atom is -0.495 e. The number of halogens is 2. The number of fused-ring (bicyclic) bond motifs is 1. The van der Waals surface area contributed by atoms with E-state index in [-0.39, 0.29) is 40.4 Å². The van der Waals surface area contributed by atoms with Crippen LogP contribution in [0.1, 0.15) is 31.2 Å². The monoisotopic (exact) mass is 562 g/mol. The van der Waals surface area contributed by atoms with Crippen molar-refractivity contribution in [3.63, 3.8) is 0 Å². The van der Waals surface area contributed by atoms with Crippen LogP contribution in [0.4, 0.5) is 26.6 Å². The van der Waals surface area contributed by atoms with Crippen molar-refractivity contribution >= 4 is 45.3 Å². The maximum absolute atomic E-state index is 15.3. The highest BCUT2D eigenvalue weighted by atomic mass is 79.9. The number of nitrogens with zero attached hydrogens (tertiary/aromatic N) is 4. The lowest BCUT2D eigenvalue weighted by atomic mass is 9.90. The third-order valence-corrected chi connectivity index (χ3v) is 7.19. The fraction of sp³-hybridized carbons (Fsp3) is 0.417. The molecular formula is C24H28BrFN6O4. The zero-order chi connectivity index (χ0) is 26.0. The van der Waals surface area contributed by atoms with Gasteiger partial charge in [0.25, 0.3) is 0 Å². The first-order valence-corrected chi connectivity index (χ1v) is 12.3. The summed E-state index contributed by atoms with van der Waals surface area (Å²) in [4.78, 5) is 36.8. The van der Waals surface area contributed by atoms with Crippen LogP contribution in [0.2, 0.25) is 0 Å². The van der Waals surface area contributed by atoms with Crippen LogP contribution >= 0.6 is 15.9 Å². The first-order chi connectivity index (χ1) is 17.3. The molecule has 1 aliphatic carbocycles. The van der Waals surface area contributed by atoms with Gasteiger partial charge in [0.1, 0.15) is 17.3 Å². The van der Waals surface area contributed by atoms with Gasteiger partial charge in [0.2, 0.25) is 11.9 Å². The molecule has 1 fully saturated rings. The summed E-state index contributed by atoms with van der Waals surface area (Å²) in [5, 5.41) is 6.28. The molecule has 2 atom stereocenters. The van der Waals surface area contributed by atoms with E-state index in [1.807, 2.05) is 0 Å². The summed E-state index contributed by atoms with van der Waals surface area (Å²) in [5.41, 5.74) is 0.634. The van der Waals surface area contributed by atoms with Crippen molar-refractivity contribution < 1.29 is 23.5 Å². The maximum atomic E-state index is 15.3. The fourth-order valence-electron chi connectivity index (χ4n) is 4.55. The molecule has 4 rings (SSSR count). The van der Waals surface area contributed by atoms with E-state index in [0.717, 1.165) is 25.7 Å². The molecule has 1 saturated carbocycles. The highest BCUT2D eigenvalue weighted by Crippen LogP contribution is 2.44. The van der Waals surface area contributed by atoms with E-state index < -0.39 is 11.8 Å². The minimum absolute atomic E-state index is 0.00101. The number of carbonyl (C=O) groups is 2. The predicted octanol–water partition coefficient (Wildman–Crippen LogP) is 4.00. The quantitative estimate of drug-likeness (QED) is 0.491. The van der Waals surface area contributed by atoms with Gasteiger partial charge in [-0.25, -0.2) is 14.2 Å². The van der Waals surface area contributed by atoms with Crippen LogP contribution in [0.15, 0.2) is 29.4 Å². The van der Waals surface area contributed by atoms with E-state index in [2.05, 4.69) is 43.1 Å². The van der Waals surface area contributed by atoms with Gasteiger partial charge in [-0.05, 0) is 34.8 Å². The number of hydrogen-bond acceptors (Lipinski definition) is 7. The SMILES string of the molecule is C=CC(=O)NC1CCCCC1Nc1ncc2c(n1)N(C)C(=O)N(c1c(F)c(OC)cc(OC)c1Br)C2. The Morgan fingerprint density at radius 2 is 1.94 bits per heavy atom. The highest BCUT2D eigenvalue weighted by Gasteiger charge is 2.35. The second-order valence-electron chi connectivity index (χ2n) is 8.58. The van der Waals surface area contributed by atoms with E-state index in [1.54, 1.807) is 13.2 Å². The van der Waals surface area contributed by atoms with Crippen molar-refractivity contribution in [2.24, 2.45) is 0 Å². The van der Waals surface area contributed by atoms with Crippen LogP contribution in [-0.4, -0.2) is 55.3 Å². The molecule has 192 valence electrons. The third kappa shape index (κ3) is 4.81. The number of amides is 3. The summed E-state index contributed by atoms with van der Waals surface area (Å²) in [6.45, 7) is 3.57. The van der Waals surface area contributed by atoms with Gasteiger partial charge in [-0.1, -0.05) is 19.4 Å². The zero-order valence-corrected chi connectivity index (χ0v) is 21.9. The summed E-state index contributed by atoms with van der Waals surface area (Å²) < 4.78 is 26.0. The van der Waals surface area contributed by atoms with Crippen molar-refractivity contribution in [3.05, 3.63) is 40.8 Å². The van der Waals surface area contributed by atoms with Gasteiger partial charge in [0.05, 0.1) is 25.2 Å². The molecule has 2 aliphatic rings. The van der Waals surface area contributed by atoms with Gasteiger partial charge in [-0.2, -0.15) is 4.98 Å². The first-order valence-electron chi connectivity index (χ1n) is 11.5. The summed E-state index contributed by atoms with van der Waals surface area (Å²) in [6, 6.07) is 0.792. The third-order valence-electron chi connectivity index (χ3n) is 6.42. The Hall–Kier alpha value is -3.41. The fourth-order valence-corrected chi connectivity index (χ4v) is 5.21. The molecule has 2 aromatic rings. The predicted molar refractivity (Wildman–Crippen MR) is 137 cm³/mol. The number of nitrogens with one attached hydrogen (secondary N) is 2.